The molecule has 0 fully saturated rings. The molecule has 0 amide bonds. The van der Waals surface area contributed by atoms with Gasteiger partial charge in [0, 0.05) is 23.8 Å². The second kappa shape index (κ2) is 9.35. The first-order valence-corrected chi connectivity index (χ1v) is 10.6. The van der Waals surface area contributed by atoms with Crippen LogP contribution in [0.15, 0.2) is 43.8 Å². The molecule has 0 N–H and O–H groups in total. The van der Waals surface area contributed by atoms with Crippen LogP contribution in [0.25, 0.3) is 22.7 Å². The molecule has 0 bridgehead atoms. The van der Waals surface area contributed by atoms with Gasteiger partial charge < -0.3 is 18.2 Å². The molecule has 3 aromatic heterocycles. The van der Waals surface area contributed by atoms with Crippen LogP contribution in [0.4, 0.5) is 0 Å². The largest absolute Gasteiger partial charge is 0.456 e. The summed E-state index contributed by atoms with van der Waals surface area (Å²) in [5.74, 6) is 1.76. The number of hydrogen-bond donors (Lipinski definition) is 0. The van der Waals surface area contributed by atoms with E-state index in [1.807, 2.05) is 51.1 Å². The van der Waals surface area contributed by atoms with E-state index in [0.29, 0.717) is 41.6 Å². The van der Waals surface area contributed by atoms with Gasteiger partial charge in [-0.2, -0.15) is 4.98 Å². The van der Waals surface area contributed by atoms with Crippen LogP contribution >= 0.6 is 0 Å². The maximum Gasteiger partial charge on any atom is 0.306 e. The molecule has 0 unspecified atom stereocenters. The molecule has 10 nitrogen and oxygen atoms in total. The van der Waals surface area contributed by atoms with E-state index in [-0.39, 0.29) is 36.2 Å². The fourth-order valence-corrected chi connectivity index (χ4v) is 3.09. The normalized spacial score (nSPS) is 11.6. The van der Waals surface area contributed by atoms with Gasteiger partial charge in [-0.25, -0.2) is 0 Å². The summed E-state index contributed by atoms with van der Waals surface area (Å²) < 4.78 is 21.5. The quantitative estimate of drug-likeness (QED) is 0.354. The molecule has 1 aromatic carbocycles. The molecule has 0 aliphatic carbocycles. The Hall–Kier alpha value is -3.82. The molecule has 33 heavy (non-hydrogen) atoms. The molecule has 4 aromatic rings. The smallest absolute Gasteiger partial charge is 0.306 e. The Labute approximate surface area is 190 Å². The molecule has 10 heteroatoms. The van der Waals surface area contributed by atoms with Crippen LogP contribution in [0, 0.1) is 6.92 Å². The summed E-state index contributed by atoms with van der Waals surface area (Å²) in [5.41, 5.74) is 1.90. The number of esters is 1. The minimum absolute atomic E-state index is 0.119. The number of ether oxygens (including phenoxy) is 1. The monoisotopic (exact) mass is 451 g/mol. The zero-order chi connectivity index (χ0) is 23.4. The van der Waals surface area contributed by atoms with Crippen molar-refractivity contribution in [3.63, 3.8) is 0 Å². The van der Waals surface area contributed by atoms with Crippen molar-refractivity contribution in [2.24, 2.45) is 0 Å². The van der Waals surface area contributed by atoms with E-state index < -0.39 is 0 Å². The third-order valence-electron chi connectivity index (χ3n) is 4.86. The number of carbonyl (C=O) groups excluding carboxylic acids is 1. The van der Waals surface area contributed by atoms with Crippen LogP contribution in [0.5, 0.6) is 0 Å². The minimum Gasteiger partial charge on any atom is -0.456 e. The molecular formula is C23H25N5O5. The van der Waals surface area contributed by atoms with Gasteiger partial charge in [0.15, 0.2) is 12.4 Å². The average Bonchev–Trinajstić information content (AvgIpc) is 3.52. The summed E-state index contributed by atoms with van der Waals surface area (Å²) in [6, 6.07) is 9.56. The van der Waals surface area contributed by atoms with Crippen molar-refractivity contribution >= 4 is 5.97 Å². The number of carbonyl (C=O) groups is 1. The molecule has 0 spiro atoms. The molecule has 0 atom stereocenters. The maximum atomic E-state index is 12.1. The third-order valence-corrected chi connectivity index (χ3v) is 4.86. The predicted octanol–water partition coefficient (Wildman–Crippen LogP) is 4.45. The highest BCUT2D eigenvalue weighted by atomic mass is 16.5. The second-order valence-electron chi connectivity index (χ2n) is 8.61. The lowest BCUT2D eigenvalue weighted by atomic mass is 9.96. The number of aromatic nitrogens is 5. The second-order valence-corrected chi connectivity index (χ2v) is 8.61. The molecule has 0 aliphatic heterocycles. The number of nitrogens with zero attached hydrogens (tertiary/aromatic N) is 5. The Morgan fingerprint density at radius 3 is 2.55 bits per heavy atom. The fraction of sp³-hybridized carbons (Fsp3) is 0.391. The van der Waals surface area contributed by atoms with Gasteiger partial charge in [-0.05, 0) is 13.3 Å². The van der Waals surface area contributed by atoms with E-state index in [9.17, 15) is 4.79 Å². The SMILES string of the molecule is Cc1onc(-c2ccccc2)c1-c1nnc(COC(=O)CCCc2nc(C(C)(C)C)no2)o1. The zero-order valence-corrected chi connectivity index (χ0v) is 19.0. The minimum atomic E-state index is -0.378. The first-order valence-electron chi connectivity index (χ1n) is 10.6. The van der Waals surface area contributed by atoms with Crippen LogP contribution in [0.3, 0.4) is 0 Å². The summed E-state index contributed by atoms with van der Waals surface area (Å²) in [7, 11) is 0. The van der Waals surface area contributed by atoms with E-state index >= 15 is 0 Å². The molecule has 4 rings (SSSR count). The average molecular weight is 451 g/mol. The zero-order valence-electron chi connectivity index (χ0n) is 19.0. The van der Waals surface area contributed by atoms with Crippen molar-refractivity contribution < 1.29 is 23.0 Å². The molecule has 0 saturated carbocycles. The van der Waals surface area contributed by atoms with Gasteiger partial charge in [-0.15, -0.1) is 10.2 Å². The number of rotatable bonds is 8. The van der Waals surface area contributed by atoms with Crippen LogP contribution in [0.1, 0.15) is 57.0 Å². The Kier molecular flexibility index (Phi) is 6.34. The topological polar surface area (TPSA) is 130 Å². The van der Waals surface area contributed by atoms with Crippen molar-refractivity contribution in [2.45, 2.75) is 59.0 Å². The Bertz CT molecular complexity index is 1220. The summed E-state index contributed by atoms with van der Waals surface area (Å²) in [6.07, 6.45) is 1.23. The summed E-state index contributed by atoms with van der Waals surface area (Å²) in [5, 5.41) is 16.1. The Balaban J connectivity index is 1.31. The van der Waals surface area contributed by atoms with Crippen molar-refractivity contribution in [3.05, 3.63) is 53.7 Å². The van der Waals surface area contributed by atoms with E-state index in [0.717, 1.165) is 5.56 Å². The third kappa shape index (κ3) is 5.33. The lowest BCUT2D eigenvalue weighted by Crippen LogP contribution is -2.13. The van der Waals surface area contributed by atoms with Crippen molar-refractivity contribution in [2.75, 3.05) is 0 Å². The standard InChI is InChI=1S/C23H25N5O5/c1-14-19(20(27-32-14)15-9-6-5-7-10-15)21-26-25-17(31-21)13-30-18(29)12-8-11-16-24-22(28-33-16)23(2,3)4/h5-7,9-10H,8,11-13H2,1-4H3. The van der Waals surface area contributed by atoms with Gasteiger partial charge in [0.2, 0.25) is 5.89 Å². The van der Waals surface area contributed by atoms with Crippen LogP contribution in [-0.4, -0.2) is 31.5 Å². The summed E-state index contributed by atoms with van der Waals surface area (Å²) >= 11 is 0. The summed E-state index contributed by atoms with van der Waals surface area (Å²) in [4.78, 5) is 16.5. The van der Waals surface area contributed by atoms with E-state index in [1.165, 1.54) is 0 Å². The summed E-state index contributed by atoms with van der Waals surface area (Å²) in [6.45, 7) is 7.68. The van der Waals surface area contributed by atoms with Crippen LogP contribution in [0.2, 0.25) is 0 Å². The highest BCUT2D eigenvalue weighted by Crippen LogP contribution is 2.33. The molecule has 0 saturated heterocycles. The van der Waals surface area contributed by atoms with Gasteiger partial charge in [-0.3, -0.25) is 4.79 Å². The highest BCUT2D eigenvalue weighted by molar-refractivity contribution is 5.77. The lowest BCUT2D eigenvalue weighted by molar-refractivity contribution is -0.145. The molecule has 172 valence electrons. The van der Waals surface area contributed by atoms with E-state index in [2.05, 4.69) is 25.5 Å². The van der Waals surface area contributed by atoms with Gasteiger partial charge in [0.25, 0.3) is 11.8 Å². The molecule has 0 aliphatic rings. The Morgan fingerprint density at radius 2 is 1.82 bits per heavy atom. The lowest BCUT2D eigenvalue weighted by Gasteiger charge is -2.10. The van der Waals surface area contributed by atoms with Gasteiger partial charge >= 0.3 is 5.97 Å². The van der Waals surface area contributed by atoms with Crippen LogP contribution < -0.4 is 0 Å². The van der Waals surface area contributed by atoms with Gasteiger partial charge in [-0.1, -0.05) is 61.4 Å². The predicted molar refractivity (Wildman–Crippen MR) is 116 cm³/mol. The van der Waals surface area contributed by atoms with E-state index in [4.69, 9.17) is 18.2 Å². The fourth-order valence-electron chi connectivity index (χ4n) is 3.09. The number of hydrogen-bond acceptors (Lipinski definition) is 10. The number of aryl methyl sites for hydroxylation is 2. The molecule has 3 heterocycles. The number of benzene rings is 1. The molecular weight excluding hydrogens is 426 g/mol. The van der Waals surface area contributed by atoms with Crippen molar-refractivity contribution in [1.82, 2.24) is 25.5 Å². The van der Waals surface area contributed by atoms with Crippen molar-refractivity contribution in [1.29, 1.82) is 0 Å². The van der Waals surface area contributed by atoms with E-state index in [1.54, 1.807) is 6.92 Å². The maximum absolute atomic E-state index is 12.1. The molecule has 0 radical (unpaired) electrons. The first kappa shape index (κ1) is 22.4. The van der Waals surface area contributed by atoms with Crippen molar-refractivity contribution in [3.8, 4) is 22.7 Å². The van der Waals surface area contributed by atoms with Gasteiger partial charge in [0.05, 0.1) is 0 Å². The van der Waals surface area contributed by atoms with Gasteiger partial charge in [0.1, 0.15) is 17.0 Å². The highest BCUT2D eigenvalue weighted by Gasteiger charge is 2.23. The first-order chi connectivity index (χ1) is 15.8. The van der Waals surface area contributed by atoms with Crippen LogP contribution in [-0.2, 0) is 28.0 Å². The Morgan fingerprint density at radius 1 is 1.03 bits per heavy atom.